The van der Waals surface area contributed by atoms with Crippen molar-refractivity contribution < 1.29 is 23.9 Å². The fraction of sp³-hybridized carbons (Fsp3) is 0.308. The van der Waals surface area contributed by atoms with Crippen molar-refractivity contribution in [2.24, 2.45) is 0 Å². The Morgan fingerprint density at radius 2 is 1.95 bits per heavy atom. The van der Waals surface area contributed by atoms with E-state index in [0.717, 1.165) is 6.07 Å². The Bertz CT molecular complexity index is 501. The van der Waals surface area contributed by atoms with Crippen molar-refractivity contribution in [2.45, 2.75) is 25.8 Å². The predicted molar refractivity (Wildman–Crippen MR) is 65.2 cm³/mol. The molecule has 5 nitrogen and oxygen atoms in total. The lowest BCUT2D eigenvalue weighted by Crippen LogP contribution is -2.41. The third-order valence-electron chi connectivity index (χ3n) is 2.51. The second-order valence-electron chi connectivity index (χ2n) is 4.08. The number of hydrogen-bond donors (Lipinski definition) is 2. The normalized spacial score (nSPS) is 11.7. The number of carbonyl (C=O) groups is 3. The molecular weight excluding hydrogens is 253 g/mol. The number of benzene rings is 1. The number of carboxylic acid groups (broad SMARTS) is 1. The first kappa shape index (κ1) is 14.8. The van der Waals surface area contributed by atoms with E-state index in [1.54, 1.807) is 0 Å². The molecule has 1 atom stereocenters. The molecule has 1 amide bonds. The average molecular weight is 267 g/mol. The molecule has 2 N–H and O–H groups in total. The van der Waals surface area contributed by atoms with Crippen molar-refractivity contribution in [1.82, 2.24) is 5.32 Å². The zero-order chi connectivity index (χ0) is 14.4. The van der Waals surface area contributed by atoms with E-state index >= 15 is 0 Å². The van der Waals surface area contributed by atoms with Crippen LogP contribution in [0.4, 0.5) is 4.39 Å². The first-order valence-corrected chi connectivity index (χ1v) is 5.69. The molecule has 0 fully saturated rings. The van der Waals surface area contributed by atoms with Gasteiger partial charge < -0.3 is 15.2 Å². The summed E-state index contributed by atoms with van der Waals surface area (Å²) >= 11 is 0. The molecule has 0 saturated carbocycles. The van der Waals surface area contributed by atoms with Crippen molar-refractivity contribution in [2.75, 3.05) is 0 Å². The molecule has 0 aliphatic carbocycles. The van der Waals surface area contributed by atoms with Gasteiger partial charge in [0.2, 0.25) is 0 Å². The summed E-state index contributed by atoms with van der Waals surface area (Å²) in [7, 11) is 0. The molecule has 0 aromatic heterocycles. The molecule has 0 bridgehead atoms. The molecule has 1 aromatic rings. The van der Waals surface area contributed by atoms with E-state index in [-0.39, 0.29) is 24.2 Å². The molecule has 102 valence electrons. The molecule has 1 aromatic carbocycles. The van der Waals surface area contributed by atoms with Crippen molar-refractivity contribution in [3.63, 3.8) is 0 Å². The first-order valence-electron chi connectivity index (χ1n) is 5.69. The summed E-state index contributed by atoms with van der Waals surface area (Å²) < 4.78 is 13.3. The summed E-state index contributed by atoms with van der Waals surface area (Å²) in [6.07, 6.45) is 0.0133. The lowest BCUT2D eigenvalue weighted by atomic mass is 10.1. The van der Waals surface area contributed by atoms with Gasteiger partial charge in [-0.1, -0.05) is 12.1 Å². The van der Waals surface area contributed by atoms with E-state index in [1.165, 1.54) is 25.1 Å². The van der Waals surface area contributed by atoms with E-state index in [2.05, 4.69) is 5.32 Å². The Morgan fingerprint density at radius 1 is 1.32 bits per heavy atom. The number of Topliss-reactive ketones (excluding diaryl/α,β-unsaturated/α-hetero) is 1. The maximum absolute atomic E-state index is 13.3. The molecule has 1 rings (SSSR count). The molecule has 6 heteroatoms. The maximum atomic E-state index is 13.3. The summed E-state index contributed by atoms with van der Waals surface area (Å²) in [4.78, 5) is 33.5. The largest absolute Gasteiger partial charge is 0.480 e. The van der Waals surface area contributed by atoms with Crippen LogP contribution in [0.1, 0.15) is 30.1 Å². The SMILES string of the molecule is CC(=O)CC[C@@H](NC(=O)c1ccccc1F)C(=O)O. The van der Waals surface area contributed by atoms with Crippen molar-refractivity contribution in [3.05, 3.63) is 35.6 Å². The molecule has 0 saturated heterocycles. The quantitative estimate of drug-likeness (QED) is 0.815. The highest BCUT2D eigenvalue weighted by molar-refractivity contribution is 5.96. The van der Waals surface area contributed by atoms with Gasteiger partial charge >= 0.3 is 5.97 Å². The second-order valence-corrected chi connectivity index (χ2v) is 4.08. The molecule has 19 heavy (non-hydrogen) atoms. The van der Waals surface area contributed by atoms with Crippen LogP contribution in [0.5, 0.6) is 0 Å². The summed E-state index contributed by atoms with van der Waals surface area (Å²) in [5.41, 5.74) is -0.225. The highest BCUT2D eigenvalue weighted by Gasteiger charge is 2.22. The van der Waals surface area contributed by atoms with E-state index in [1.807, 2.05) is 0 Å². The summed E-state index contributed by atoms with van der Waals surface area (Å²) in [5, 5.41) is 11.1. The van der Waals surface area contributed by atoms with Gasteiger partial charge in [-0.15, -0.1) is 0 Å². The van der Waals surface area contributed by atoms with Gasteiger partial charge in [-0.3, -0.25) is 4.79 Å². The molecule has 0 unspecified atom stereocenters. The number of rotatable bonds is 6. The van der Waals surface area contributed by atoms with Crippen LogP contribution in [0, 0.1) is 5.82 Å². The number of amides is 1. The third-order valence-corrected chi connectivity index (χ3v) is 2.51. The van der Waals surface area contributed by atoms with Gasteiger partial charge in [0.15, 0.2) is 0 Å². The number of halogens is 1. The average Bonchev–Trinajstić information content (AvgIpc) is 2.34. The highest BCUT2D eigenvalue weighted by Crippen LogP contribution is 2.07. The minimum atomic E-state index is -1.26. The standard InChI is InChI=1S/C13H14FNO4/c1-8(16)6-7-11(13(18)19)15-12(17)9-4-2-3-5-10(9)14/h2-5,11H,6-7H2,1H3,(H,15,17)(H,18,19)/t11-/m1/s1. The van der Waals surface area contributed by atoms with Gasteiger partial charge in [0.1, 0.15) is 17.6 Å². The highest BCUT2D eigenvalue weighted by atomic mass is 19.1. The molecule has 0 heterocycles. The number of ketones is 1. The Labute approximate surface area is 109 Å². The Hall–Kier alpha value is -2.24. The zero-order valence-electron chi connectivity index (χ0n) is 10.4. The Balaban J connectivity index is 2.74. The van der Waals surface area contributed by atoms with Crippen LogP contribution in [0.25, 0.3) is 0 Å². The fourth-order valence-corrected chi connectivity index (χ4v) is 1.49. The summed E-state index contributed by atoms with van der Waals surface area (Å²) in [6, 6.07) is 4.06. The fourth-order valence-electron chi connectivity index (χ4n) is 1.49. The number of hydrogen-bond acceptors (Lipinski definition) is 3. The van der Waals surface area contributed by atoms with E-state index in [9.17, 15) is 18.8 Å². The van der Waals surface area contributed by atoms with Crippen LogP contribution < -0.4 is 5.32 Å². The van der Waals surface area contributed by atoms with Crippen LogP contribution in [0.15, 0.2) is 24.3 Å². The summed E-state index contributed by atoms with van der Waals surface area (Å²) in [5.74, 6) is -2.97. The minimum Gasteiger partial charge on any atom is -0.480 e. The molecule has 0 aliphatic rings. The minimum absolute atomic E-state index is 0.0230. The van der Waals surface area contributed by atoms with Gasteiger partial charge in [-0.2, -0.15) is 0 Å². The van der Waals surface area contributed by atoms with E-state index in [0.29, 0.717) is 0 Å². The van der Waals surface area contributed by atoms with Gasteiger partial charge in [-0.05, 0) is 25.5 Å². The van der Waals surface area contributed by atoms with Gasteiger partial charge in [0.25, 0.3) is 5.91 Å². The molecule has 0 aliphatic heterocycles. The molecular formula is C13H14FNO4. The van der Waals surface area contributed by atoms with Crippen LogP contribution >= 0.6 is 0 Å². The molecule has 0 spiro atoms. The third kappa shape index (κ3) is 4.50. The van der Waals surface area contributed by atoms with Crippen LogP contribution in [0.3, 0.4) is 0 Å². The van der Waals surface area contributed by atoms with Gasteiger partial charge in [0, 0.05) is 6.42 Å². The van der Waals surface area contributed by atoms with Crippen molar-refractivity contribution in [1.29, 1.82) is 0 Å². The predicted octanol–water partition coefficient (Wildman–Crippen LogP) is 1.38. The lowest BCUT2D eigenvalue weighted by molar-refractivity contribution is -0.139. The van der Waals surface area contributed by atoms with E-state index < -0.39 is 23.7 Å². The topological polar surface area (TPSA) is 83.5 Å². The Morgan fingerprint density at radius 3 is 2.47 bits per heavy atom. The monoisotopic (exact) mass is 267 g/mol. The van der Waals surface area contributed by atoms with Crippen LogP contribution in [0.2, 0.25) is 0 Å². The second kappa shape index (κ2) is 6.63. The number of nitrogens with one attached hydrogen (secondary N) is 1. The van der Waals surface area contributed by atoms with Crippen LogP contribution in [-0.4, -0.2) is 28.8 Å². The molecule has 0 radical (unpaired) electrons. The van der Waals surface area contributed by atoms with Crippen LogP contribution in [-0.2, 0) is 9.59 Å². The van der Waals surface area contributed by atoms with E-state index in [4.69, 9.17) is 5.11 Å². The smallest absolute Gasteiger partial charge is 0.326 e. The summed E-state index contributed by atoms with van der Waals surface area (Å²) in [6.45, 7) is 1.33. The Kier molecular flexibility index (Phi) is 5.17. The number of carbonyl (C=O) groups excluding carboxylic acids is 2. The van der Waals surface area contributed by atoms with Gasteiger partial charge in [0.05, 0.1) is 5.56 Å². The first-order chi connectivity index (χ1) is 8.91. The lowest BCUT2D eigenvalue weighted by Gasteiger charge is -2.14. The number of aliphatic carboxylic acids is 1. The number of carboxylic acids is 1. The maximum Gasteiger partial charge on any atom is 0.326 e. The zero-order valence-corrected chi connectivity index (χ0v) is 10.4. The van der Waals surface area contributed by atoms with Gasteiger partial charge in [-0.25, -0.2) is 9.18 Å². The van der Waals surface area contributed by atoms with Crippen molar-refractivity contribution >= 4 is 17.7 Å². The van der Waals surface area contributed by atoms with Crippen molar-refractivity contribution in [3.8, 4) is 0 Å².